The highest BCUT2D eigenvalue weighted by Gasteiger charge is 2.39. The molecule has 1 fully saturated rings. The first kappa shape index (κ1) is 25.8. The number of sulfonamides is 1. The van der Waals surface area contributed by atoms with E-state index >= 15 is 0 Å². The van der Waals surface area contributed by atoms with Crippen LogP contribution in [0.5, 0.6) is 0 Å². The van der Waals surface area contributed by atoms with Gasteiger partial charge in [-0.2, -0.15) is 17.9 Å². The summed E-state index contributed by atoms with van der Waals surface area (Å²) in [6.45, 7) is 0.780. The highest BCUT2D eigenvalue weighted by atomic mass is 32.2. The zero-order valence-electron chi connectivity index (χ0n) is 20.0. The van der Waals surface area contributed by atoms with Crippen molar-refractivity contribution in [3.8, 4) is 21.3 Å². The van der Waals surface area contributed by atoms with Gasteiger partial charge in [0, 0.05) is 10.9 Å². The molecule has 7 nitrogen and oxygen atoms in total. The van der Waals surface area contributed by atoms with Gasteiger partial charge in [0.2, 0.25) is 16.4 Å². The number of benzene rings is 2. The molecular weight excluding hydrogens is 525 g/mol. The van der Waals surface area contributed by atoms with E-state index in [-0.39, 0.29) is 4.90 Å². The molecule has 0 aliphatic heterocycles. The zero-order valence-corrected chi connectivity index (χ0v) is 21.6. The second-order valence-corrected chi connectivity index (χ2v) is 12.0. The normalized spacial score (nSPS) is 16.3. The van der Waals surface area contributed by atoms with Crippen LogP contribution in [-0.2, 0) is 16.4 Å². The van der Waals surface area contributed by atoms with Crippen molar-refractivity contribution in [1.82, 2.24) is 19.9 Å². The first-order valence-electron chi connectivity index (χ1n) is 12.0. The second kappa shape index (κ2) is 10.1. The standard InChI is InChI=1S/C25H25F3N4O3S2/c1-15(25(26,27)28)32-37(33,34)21-12-11-19(17-9-5-6-10-18(17)21)22-20(13-16-7-3-2-4-8-16)30-24(36-22)23-31-29-14-35-23/h5-6,9-12,14-16,32H,2-4,7-8,13H2,1H3. The van der Waals surface area contributed by atoms with Crippen LogP contribution in [0.25, 0.3) is 32.1 Å². The molecular formula is C25H25F3N4O3S2. The zero-order chi connectivity index (χ0) is 26.2. The van der Waals surface area contributed by atoms with E-state index in [1.807, 2.05) is 0 Å². The number of alkyl halides is 3. The molecule has 1 saturated carbocycles. The minimum atomic E-state index is -4.70. The van der Waals surface area contributed by atoms with Crippen molar-refractivity contribution >= 4 is 32.1 Å². The van der Waals surface area contributed by atoms with Gasteiger partial charge in [0.1, 0.15) is 6.04 Å². The van der Waals surface area contributed by atoms with Crippen molar-refractivity contribution in [3.05, 3.63) is 48.5 Å². The molecule has 1 unspecified atom stereocenters. The molecule has 1 aliphatic carbocycles. The Morgan fingerprint density at radius 1 is 1.11 bits per heavy atom. The van der Waals surface area contributed by atoms with E-state index in [1.54, 1.807) is 35.1 Å². The molecule has 1 aliphatic rings. The molecule has 0 bridgehead atoms. The molecule has 37 heavy (non-hydrogen) atoms. The number of nitrogens with one attached hydrogen (secondary N) is 1. The van der Waals surface area contributed by atoms with Crippen molar-refractivity contribution in [2.45, 2.75) is 62.6 Å². The molecule has 2 heterocycles. The van der Waals surface area contributed by atoms with Gasteiger partial charge >= 0.3 is 6.18 Å². The van der Waals surface area contributed by atoms with Crippen molar-refractivity contribution in [3.63, 3.8) is 0 Å². The molecule has 1 atom stereocenters. The van der Waals surface area contributed by atoms with E-state index in [1.165, 1.54) is 43.1 Å². The first-order valence-corrected chi connectivity index (χ1v) is 14.3. The SMILES string of the molecule is CC(NS(=O)(=O)c1ccc(-c2sc(-c3nnco3)nc2CC2CCCCC2)c2ccccc12)C(F)(F)F. The third-order valence-electron chi connectivity index (χ3n) is 6.69. The fourth-order valence-electron chi connectivity index (χ4n) is 4.79. The van der Waals surface area contributed by atoms with Crippen molar-refractivity contribution < 1.29 is 26.0 Å². The largest absolute Gasteiger partial charge is 0.422 e. The van der Waals surface area contributed by atoms with E-state index in [0.29, 0.717) is 27.6 Å². The van der Waals surface area contributed by atoms with Crippen molar-refractivity contribution in [1.29, 1.82) is 0 Å². The van der Waals surface area contributed by atoms with E-state index in [0.717, 1.165) is 42.3 Å². The summed E-state index contributed by atoms with van der Waals surface area (Å²) in [5.74, 6) is 0.791. The van der Waals surface area contributed by atoms with Gasteiger partial charge in [-0.15, -0.1) is 21.5 Å². The quantitative estimate of drug-likeness (QED) is 0.287. The summed E-state index contributed by atoms with van der Waals surface area (Å²) in [5.41, 5.74) is 1.63. The van der Waals surface area contributed by atoms with Crippen LogP contribution in [0.2, 0.25) is 0 Å². The van der Waals surface area contributed by atoms with Crippen LogP contribution in [0.4, 0.5) is 13.2 Å². The van der Waals surface area contributed by atoms with E-state index in [4.69, 9.17) is 9.40 Å². The van der Waals surface area contributed by atoms with Crippen LogP contribution < -0.4 is 4.72 Å². The molecule has 0 spiro atoms. The Labute approximate surface area is 216 Å². The average Bonchev–Trinajstić information content (AvgIpc) is 3.53. The number of hydrogen-bond acceptors (Lipinski definition) is 7. The first-order chi connectivity index (χ1) is 17.6. The van der Waals surface area contributed by atoms with Gasteiger partial charge in [-0.25, -0.2) is 13.4 Å². The monoisotopic (exact) mass is 550 g/mol. The summed E-state index contributed by atoms with van der Waals surface area (Å²) >= 11 is 1.38. The molecule has 1 N–H and O–H groups in total. The highest BCUT2D eigenvalue weighted by Crippen LogP contribution is 2.42. The highest BCUT2D eigenvalue weighted by molar-refractivity contribution is 7.89. The van der Waals surface area contributed by atoms with Crippen LogP contribution in [0.15, 0.2) is 52.1 Å². The number of thiazole rings is 1. The fourth-order valence-corrected chi connectivity index (χ4v) is 7.29. The lowest BCUT2D eigenvalue weighted by Crippen LogP contribution is -2.43. The molecule has 4 aromatic rings. The fraction of sp³-hybridized carbons (Fsp3) is 0.400. The Morgan fingerprint density at radius 2 is 1.84 bits per heavy atom. The molecule has 0 radical (unpaired) electrons. The van der Waals surface area contributed by atoms with Crippen LogP contribution in [0.3, 0.4) is 0 Å². The lowest BCUT2D eigenvalue weighted by atomic mass is 9.85. The van der Waals surface area contributed by atoms with E-state index < -0.39 is 22.2 Å². The minimum Gasteiger partial charge on any atom is -0.422 e. The maximum Gasteiger partial charge on any atom is 0.404 e. The Morgan fingerprint density at radius 3 is 2.51 bits per heavy atom. The topological polar surface area (TPSA) is 98.0 Å². The van der Waals surface area contributed by atoms with Crippen LogP contribution >= 0.6 is 11.3 Å². The number of rotatable bonds is 7. The summed E-state index contributed by atoms with van der Waals surface area (Å²) < 4.78 is 72.4. The maximum absolute atomic E-state index is 13.1. The number of aromatic nitrogens is 3. The Bertz CT molecular complexity index is 1500. The molecule has 12 heteroatoms. The van der Waals surface area contributed by atoms with Crippen LogP contribution in [0, 0.1) is 5.92 Å². The van der Waals surface area contributed by atoms with Crippen LogP contribution in [-0.4, -0.2) is 35.8 Å². The van der Waals surface area contributed by atoms with Gasteiger partial charge in [-0.1, -0.05) is 62.4 Å². The summed E-state index contributed by atoms with van der Waals surface area (Å²) in [4.78, 5) is 5.48. The maximum atomic E-state index is 13.1. The van der Waals surface area contributed by atoms with Gasteiger partial charge < -0.3 is 4.42 Å². The van der Waals surface area contributed by atoms with Crippen LogP contribution in [0.1, 0.15) is 44.7 Å². The van der Waals surface area contributed by atoms with Gasteiger partial charge in [0.15, 0.2) is 5.01 Å². The lowest BCUT2D eigenvalue weighted by Gasteiger charge is -2.21. The number of fused-ring (bicyclic) bond motifs is 1. The number of nitrogens with zero attached hydrogens (tertiary/aromatic N) is 3. The lowest BCUT2D eigenvalue weighted by molar-refractivity contribution is -0.147. The molecule has 196 valence electrons. The summed E-state index contributed by atoms with van der Waals surface area (Å²) in [6, 6.07) is 7.59. The van der Waals surface area contributed by atoms with Crippen molar-refractivity contribution in [2.24, 2.45) is 5.92 Å². The summed E-state index contributed by atoms with van der Waals surface area (Å²) in [5, 5.41) is 9.25. The Kier molecular flexibility index (Phi) is 7.08. The number of halogens is 3. The van der Waals surface area contributed by atoms with Gasteiger partial charge in [-0.05, 0) is 30.7 Å². The van der Waals surface area contributed by atoms with Gasteiger partial charge in [0.05, 0.1) is 15.5 Å². The van der Waals surface area contributed by atoms with Gasteiger partial charge in [0.25, 0.3) is 5.89 Å². The summed E-state index contributed by atoms with van der Waals surface area (Å²) in [7, 11) is -4.45. The smallest absolute Gasteiger partial charge is 0.404 e. The second-order valence-electron chi connectivity index (χ2n) is 9.29. The van der Waals surface area contributed by atoms with E-state index in [2.05, 4.69) is 10.2 Å². The molecule has 5 rings (SSSR count). The van der Waals surface area contributed by atoms with Crippen molar-refractivity contribution in [2.75, 3.05) is 0 Å². The predicted octanol–water partition coefficient (Wildman–Crippen LogP) is 6.37. The number of hydrogen-bond donors (Lipinski definition) is 1. The summed E-state index contributed by atoms with van der Waals surface area (Å²) in [6.07, 6.45) is 3.13. The predicted molar refractivity (Wildman–Crippen MR) is 134 cm³/mol. The van der Waals surface area contributed by atoms with Gasteiger partial charge in [-0.3, -0.25) is 0 Å². The third kappa shape index (κ3) is 5.41. The molecule has 2 aromatic carbocycles. The Hall–Kier alpha value is -2.83. The molecule has 2 aromatic heterocycles. The third-order valence-corrected chi connectivity index (χ3v) is 9.41. The molecule has 0 saturated heterocycles. The Balaban J connectivity index is 1.61. The minimum absolute atomic E-state index is 0.210. The molecule has 0 amide bonds. The van der Waals surface area contributed by atoms with E-state index in [9.17, 15) is 21.6 Å². The average molecular weight is 551 g/mol.